The molecule has 0 aromatic carbocycles. The van der Waals surface area contributed by atoms with Gasteiger partial charge in [0.25, 0.3) is 5.91 Å². The minimum atomic E-state index is -0.0919. The van der Waals surface area contributed by atoms with E-state index >= 15 is 0 Å². The Balaban J connectivity index is 1.46. The van der Waals surface area contributed by atoms with Crippen molar-refractivity contribution in [3.8, 4) is 0 Å². The summed E-state index contributed by atoms with van der Waals surface area (Å²) in [6.07, 6.45) is 6.91. The second-order valence-electron chi connectivity index (χ2n) is 7.05. The van der Waals surface area contributed by atoms with Gasteiger partial charge in [-0.25, -0.2) is 0 Å². The summed E-state index contributed by atoms with van der Waals surface area (Å²) < 4.78 is 7.23. The molecular formula is C17H24N4O3. The molecule has 2 atom stereocenters. The van der Waals surface area contributed by atoms with E-state index in [2.05, 4.69) is 15.7 Å². The molecule has 1 aromatic rings. The van der Waals surface area contributed by atoms with Gasteiger partial charge in [-0.3, -0.25) is 14.3 Å². The second kappa shape index (κ2) is 6.55. The Morgan fingerprint density at radius 1 is 1.25 bits per heavy atom. The number of nitrogens with zero attached hydrogens (tertiary/aromatic N) is 2. The van der Waals surface area contributed by atoms with Crippen molar-refractivity contribution in [3.63, 3.8) is 0 Å². The van der Waals surface area contributed by atoms with E-state index in [1.807, 2.05) is 4.68 Å². The predicted octanol–water partition coefficient (Wildman–Crippen LogP) is 1.02. The van der Waals surface area contributed by atoms with Crippen LogP contribution in [0.1, 0.15) is 55.1 Å². The topological polar surface area (TPSA) is 85.2 Å². The summed E-state index contributed by atoms with van der Waals surface area (Å²) in [6.45, 7) is 1.42. The van der Waals surface area contributed by atoms with Gasteiger partial charge in [0.2, 0.25) is 5.91 Å². The zero-order valence-corrected chi connectivity index (χ0v) is 13.7. The zero-order chi connectivity index (χ0) is 16.5. The van der Waals surface area contributed by atoms with Crippen LogP contribution in [0.3, 0.4) is 0 Å². The molecule has 0 radical (unpaired) electrons. The van der Waals surface area contributed by atoms with Crippen molar-refractivity contribution in [1.82, 2.24) is 20.4 Å². The van der Waals surface area contributed by atoms with Crippen molar-refractivity contribution < 1.29 is 14.3 Å². The molecule has 3 fully saturated rings. The molecule has 1 saturated carbocycles. The Morgan fingerprint density at radius 3 is 2.79 bits per heavy atom. The first-order chi connectivity index (χ1) is 11.7. The average Bonchev–Trinajstić information content (AvgIpc) is 3.33. The number of hydrogen-bond acceptors (Lipinski definition) is 4. The fourth-order valence-electron chi connectivity index (χ4n) is 3.85. The van der Waals surface area contributed by atoms with Gasteiger partial charge < -0.3 is 15.4 Å². The van der Waals surface area contributed by atoms with Crippen LogP contribution < -0.4 is 10.6 Å². The third kappa shape index (κ3) is 3.17. The SMILES string of the molecule is O=C1CC[C@@H](NC(=O)c2ccnn2C2CCOCC2)[C@H](C2CC2)N1. The number of ether oxygens (including phenoxy) is 1. The quantitative estimate of drug-likeness (QED) is 0.862. The largest absolute Gasteiger partial charge is 0.381 e. The lowest BCUT2D eigenvalue weighted by atomic mass is 9.94. The molecule has 130 valence electrons. The monoisotopic (exact) mass is 332 g/mol. The third-order valence-electron chi connectivity index (χ3n) is 5.33. The number of carbonyl (C=O) groups excluding carboxylic acids is 2. The van der Waals surface area contributed by atoms with Crippen LogP contribution in [0, 0.1) is 5.92 Å². The van der Waals surface area contributed by atoms with Crippen molar-refractivity contribution in [2.24, 2.45) is 5.92 Å². The van der Waals surface area contributed by atoms with E-state index in [4.69, 9.17) is 4.74 Å². The Morgan fingerprint density at radius 2 is 2.04 bits per heavy atom. The minimum absolute atomic E-state index is 0.0146. The molecular weight excluding hydrogens is 308 g/mol. The van der Waals surface area contributed by atoms with Gasteiger partial charge in [0.1, 0.15) is 5.69 Å². The number of piperidine rings is 1. The molecule has 1 aliphatic carbocycles. The first-order valence-corrected chi connectivity index (χ1v) is 8.94. The Bertz CT molecular complexity index is 619. The van der Waals surface area contributed by atoms with Gasteiger partial charge >= 0.3 is 0 Å². The van der Waals surface area contributed by atoms with E-state index in [1.165, 1.54) is 0 Å². The Labute approximate surface area is 141 Å². The lowest BCUT2D eigenvalue weighted by molar-refractivity contribution is -0.124. The standard InChI is InChI=1S/C17H24N4O3/c22-15-4-3-13(16(20-15)11-1-2-11)19-17(23)14-5-8-18-21(14)12-6-9-24-10-7-12/h5,8,11-13,16H,1-4,6-7,9-10H2,(H,19,23)(H,20,22)/t13-,16+/m1/s1. The molecule has 2 amide bonds. The van der Waals surface area contributed by atoms with Crippen LogP contribution in [0.25, 0.3) is 0 Å². The summed E-state index contributed by atoms with van der Waals surface area (Å²) in [5.74, 6) is 0.524. The van der Waals surface area contributed by atoms with E-state index in [0.717, 1.165) is 25.7 Å². The molecule has 3 heterocycles. The number of aromatic nitrogens is 2. The van der Waals surface area contributed by atoms with E-state index in [0.29, 0.717) is 37.7 Å². The Hall–Kier alpha value is -1.89. The highest BCUT2D eigenvalue weighted by atomic mass is 16.5. The lowest BCUT2D eigenvalue weighted by Crippen LogP contribution is -2.56. The minimum Gasteiger partial charge on any atom is -0.381 e. The predicted molar refractivity (Wildman–Crippen MR) is 86.5 cm³/mol. The molecule has 2 saturated heterocycles. The molecule has 7 nitrogen and oxygen atoms in total. The van der Waals surface area contributed by atoms with Crippen LogP contribution in [0.2, 0.25) is 0 Å². The summed E-state index contributed by atoms with van der Waals surface area (Å²) >= 11 is 0. The summed E-state index contributed by atoms with van der Waals surface area (Å²) in [6, 6.07) is 2.09. The average molecular weight is 332 g/mol. The van der Waals surface area contributed by atoms with Gasteiger partial charge in [-0.15, -0.1) is 0 Å². The maximum atomic E-state index is 12.8. The number of amides is 2. The van der Waals surface area contributed by atoms with Crippen molar-refractivity contribution in [2.75, 3.05) is 13.2 Å². The highest BCUT2D eigenvalue weighted by molar-refractivity contribution is 5.93. The third-order valence-corrected chi connectivity index (χ3v) is 5.33. The number of nitrogens with one attached hydrogen (secondary N) is 2. The van der Waals surface area contributed by atoms with Crippen LogP contribution in [0.15, 0.2) is 12.3 Å². The molecule has 4 rings (SSSR count). The molecule has 1 aromatic heterocycles. The maximum Gasteiger partial charge on any atom is 0.269 e. The van der Waals surface area contributed by atoms with E-state index in [9.17, 15) is 9.59 Å². The number of rotatable bonds is 4. The molecule has 0 spiro atoms. The van der Waals surface area contributed by atoms with Gasteiger partial charge in [0.05, 0.1) is 18.1 Å². The van der Waals surface area contributed by atoms with E-state index in [-0.39, 0.29) is 29.9 Å². The number of hydrogen-bond donors (Lipinski definition) is 2. The van der Waals surface area contributed by atoms with E-state index in [1.54, 1.807) is 12.3 Å². The van der Waals surface area contributed by atoms with E-state index < -0.39 is 0 Å². The normalized spacial score (nSPS) is 28.4. The second-order valence-corrected chi connectivity index (χ2v) is 7.05. The molecule has 7 heteroatoms. The summed E-state index contributed by atoms with van der Waals surface area (Å²) in [4.78, 5) is 24.5. The van der Waals surface area contributed by atoms with Crippen molar-refractivity contribution in [1.29, 1.82) is 0 Å². The van der Waals surface area contributed by atoms with Crippen LogP contribution in [-0.2, 0) is 9.53 Å². The van der Waals surface area contributed by atoms with Gasteiger partial charge in [-0.05, 0) is 44.1 Å². The summed E-state index contributed by atoms with van der Waals surface area (Å²) in [7, 11) is 0. The fraction of sp³-hybridized carbons (Fsp3) is 0.706. The van der Waals surface area contributed by atoms with Crippen LogP contribution in [-0.4, -0.2) is 46.9 Å². The van der Waals surface area contributed by atoms with Crippen LogP contribution in [0.4, 0.5) is 0 Å². The molecule has 2 N–H and O–H groups in total. The molecule has 3 aliphatic rings. The fourth-order valence-corrected chi connectivity index (χ4v) is 3.85. The first kappa shape index (κ1) is 15.6. The maximum absolute atomic E-state index is 12.8. The molecule has 0 unspecified atom stereocenters. The smallest absolute Gasteiger partial charge is 0.269 e. The lowest BCUT2D eigenvalue weighted by Gasteiger charge is -2.33. The summed E-state index contributed by atoms with van der Waals surface area (Å²) in [5.41, 5.74) is 0.605. The molecule has 0 bridgehead atoms. The van der Waals surface area contributed by atoms with Crippen molar-refractivity contribution >= 4 is 11.8 Å². The van der Waals surface area contributed by atoms with Gasteiger partial charge in [-0.1, -0.05) is 0 Å². The number of carbonyl (C=O) groups is 2. The zero-order valence-electron chi connectivity index (χ0n) is 13.7. The van der Waals surface area contributed by atoms with Crippen molar-refractivity contribution in [2.45, 2.75) is 56.7 Å². The van der Waals surface area contributed by atoms with Gasteiger partial charge in [-0.2, -0.15) is 5.10 Å². The Kier molecular flexibility index (Phi) is 4.26. The van der Waals surface area contributed by atoms with Crippen LogP contribution in [0.5, 0.6) is 0 Å². The molecule has 2 aliphatic heterocycles. The first-order valence-electron chi connectivity index (χ1n) is 8.94. The van der Waals surface area contributed by atoms with Gasteiger partial charge in [0, 0.05) is 25.8 Å². The molecule has 24 heavy (non-hydrogen) atoms. The van der Waals surface area contributed by atoms with Crippen molar-refractivity contribution in [3.05, 3.63) is 18.0 Å². The van der Waals surface area contributed by atoms with Crippen LogP contribution >= 0.6 is 0 Å². The highest BCUT2D eigenvalue weighted by Crippen LogP contribution is 2.36. The van der Waals surface area contributed by atoms with Gasteiger partial charge in [0.15, 0.2) is 0 Å². The summed E-state index contributed by atoms with van der Waals surface area (Å²) in [5, 5.41) is 10.6. The highest BCUT2D eigenvalue weighted by Gasteiger charge is 2.41.